The number of nitrogens with zero attached hydrogens (tertiary/aromatic N) is 2. The normalized spacial score (nSPS) is 10.6. The van der Waals surface area contributed by atoms with Crippen LogP contribution in [0.2, 0.25) is 10.2 Å². The molecule has 1 heterocycles. The van der Waals surface area contributed by atoms with Crippen LogP contribution >= 0.6 is 23.2 Å². The van der Waals surface area contributed by atoms with Crippen LogP contribution in [0.1, 0.15) is 28.2 Å². The second-order valence-corrected chi connectivity index (χ2v) is 6.97. The first-order valence-corrected chi connectivity index (χ1v) is 9.57. The zero-order valence-corrected chi connectivity index (χ0v) is 17.5. The lowest BCUT2D eigenvalue weighted by atomic mass is 10.1. The van der Waals surface area contributed by atoms with Crippen molar-refractivity contribution in [1.29, 1.82) is 0 Å². The fourth-order valence-corrected chi connectivity index (χ4v) is 3.24. The number of imidazole rings is 1. The van der Waals surface area contributed by atoms with E-state index in [4.69, 9.17) is 23.2 Å². The van der Waals surface area contributed by atoms with Gasteiger partial charge in [-0.15, -0.1) is 0 Å². The van der Waals surface area contributed by atoms with Crippen LogP contribution in [0.15, 0.2) is 54.6 Å². The highest BCUT2D eigenvalue weighted by atomic mass is 35.5. The van der Waals surface area contributed by atoms with E-state index in [2.05, 4.69) is 21.6 Å². The van der Waals surface area contributed by atoms with Gasteiger partial charge in [0.2, 0.25) is 0 Å². The Morgan fingerprint density at radius 3 is 2.55 bits per heavy atom. The van der Waals surface area contributed by atoms with Crippen LogP contribution in [-0.2, 0) is 16.1 Å². The molecule has 146 valence electrons. The fraction of sp³-hybridized carbons (Fsp3) is 0.130. The van der Waals surface area contributed by atoms with E-state index < -0.39 is 5.97 Å². The quantitative estimate of drug-likeness (QED) is 0.331. The van der Waals surface area contributed by atoms with Crippen LogP contribution in [0.25, 0.3) is 6.08 Å². The van der Waals surface area contributed by atoms with Crippen molar-refractivity contribution in [1.82, 2.24) is 9.55 Å². The maximum atomic E-state index is 11.4. The van der Waals surface area contributed by atoms with Crippen LogP contribution in [0.5, 0.6) is 0 Å². The minimum Gasteiger partial charge on any atom is -0.466 e. The number of carbonyl (C=O) groups is 1. The van der Waals surface area contributed by atoms with Gasteiger partial charge in [0.25, 0.3) is 0 Å². The summed E-state index contributed by atoms with van der Waals surface area (Å²) in [4.78, 5) is 15.7. The molecule has 0 spiro atoms. The maximum absolute atomic E-state index is 11.4. The van der Waals surface area contributed by atoms with E-state index >= 15 is 0 Å². The third kappa shape index (κ3) is 5.29. The molecule has 2 aromatic carbocycles. The zero-order chi connectivity index (χ0) is 20.8. The molecule has 0 aliphatic rings. The van der Waals surface area contributed by atoms with E-state index in [0.717, 1.165) is 16.7 Å². The van der Waals surface area contributed by atoms with Gasteiger partial charge in [-0.2, -0.15) is 0 Å². The summed E-state index contributed by atoms with van der Waals surface area (Å²) in [7, 11) is 1.32. The summed E-state index contributed by atoms with van der Waals surface area (Å²) in [6.45, 7) is 2.30. The van der Waals surface area contributed by atoms with Gasteiger partial charge < -0.3 is 9.30 Å². The first-order valence-electron chi connectivity index (χ1n) is 8.82. The molecule has 0 fully saturated rings. The molecule has 0 saturated heterocycles. The lowest BCUT2D eigenvalue weighted by Crippen LogP contribution is -2.05. The third-order valence-corrected chi connectivity index (χ3v) is 4.87. The summed E-state index contributed by atoms with van der Waals surface area (Å²) in [6, 6.07) is 15.5. The van der Waals surface area contributed by atoms with Crippen LogP contribution in [0.4, 0.5) is 0 Å². The molecule has 0 atom stereocenters. The molecule has 0 unspecified atom stereocenters. The second kappa shape index (κ2) is 9.47. The maximum Gasteiger partial charge on any atom is 0.330 e. The van der Waals surface area contributed by atoms with Gasteiger partial charge in [0.05, 0.1) is 19.3 Å². The van der Waals surface area contributed by atoms with Crippen molar-refractivity contribution in [3.63, 3.8) is 0 Å². The lowest BCUT2D eigenvalue weighted by molar-refractivity contribution is -0.134. The van der Waals surface area contributed by atoms with E-state index in [1.807, 2.05) is 60.0 Å². The summed E-state index contributed by atoms with van der Waals surface area (Å²) in [5, 5.41) is 0.904. The molecule has 4 nitrogen and oxygen atoms in total. The van der Waals surface area contributed by atoms with Crippen LogP contribution in [0.3, 0.4) is 0 Å². The Kier molecular flexibility index (Phi) is 6.77. The molecule has 0 bridgehead atoms. The molecule has 6 heteroatoms. The summed E-state index contributed by atoms with van der Waals surface area (Å²) in [5.74, 6) is 6.48. The van der Waals surface area contributed by atoms with Crippen molar-refractivity contribution in [2.75, 3.05) is 7.11 Å². The molecular formula is C23H18Cl2N2O2. The van der Waals surface area contributed by atoms with E-state index in [0.29, 0.717) is 28.2 Å². The number of hydrogen-bond donors (Lipinski definition) is 0. The number of esters is 1. The van der Waals surface area contributed by atoms with Crippen molar-refractivity contribution < 1.29 is 9.53 Å². The van der Waals surface area contributed by atoms with Crippen LogP contribution in [-0.4, -0.2) is 22.6 Å². The number of aryl methyl sites for hydroxylation is 1. The largest absolute Gasteiger partial charge is 0.466 e. The first-order chi connectivity index (χ1) is 14.0. The molecule has 3 aromatic rings. The Balaban J connectivity index is 1.85. The molecule has 3 rings (SSSR count). The SMILES string of the molecule is COC(=O)/C=C/c1c(Cl)nc(C)n1Cc1ccc(C#Cc2ccccc2)cc1Cl. The molecule has 29 heavy (non-hydrogen) atoms. The number of methoxy groups -OCH3 is 1. The van der Waals surface area contributed by atoms with Gasteiger partial charge in [0.15, 0.2) is 5.15 Å². The van der Waals surface area contributed by atoms with Crippen molar-refractivity contribution >= 4 is 35.2 Å². The van der Waals surface area contributed by atoms with Gasteiger partial charge in [0, 0.05) is 22.2 Å². The zero-order valence-electron chi connectivity index (χ0n) is 15.9. The second-order valence-electron chi connectivity index (χ2n) is 6.20. The molecule has 0 aliphatic carbocycles. The Labute approximate surface area is 179 Å². The van der Waals surface area contributed by atoms with E-state index in [1.165, 1.54) is 13.2 Å². The monoisotopic (exact) mass is 424 g/mol. The molecule has 1 aromatic heterocycles. The van der Waals surface area contributed by atoms with E-state index in [-0.39, 0.29) is 0 Å². The average molecular weight is 425 g/mol. The number of rotatable bonds is 4. The molecule has 0 aliphatic heterocycles. The highest BCUT2D eigenvalue weighted by Crippen LogP contribution is 2.24. The van der Waals surface area contributed by atoms with E-state index in [1.54, 1.807) is 6.08 Å². The first kappa shape index (κ1) is 20.7. The van der Waals surface area contributed by atoms with Gasteiger partial charge in [0.1, 0.15) is 5.82 Å². The molecule has 0 radical (unpaired) electrons. The smallest absolute Gasteiger partial charge is 0.330 e. The highest BCUT2D eigenvalue weighted by molar-refractivity contribution is 6.31. The lowest BCUT2D eigenvalue weighted by Gasteiger charge is -2.10. The Morgan fingerprint density at radius 1 is 1.14 bits per heavy atom. The molecule has 0 saturated carbocycles. The predicted octanol–water partition coefficient (Wildman–Crippen LogP) is 5.13. The standard InChI is InChI=1S/C23H18Cl2N2O2/c1-16-26-23(25)21(12-13-22(28)29-2)27(16)15-19-11-10-18(14-20(19)24)9-8-17-6-4-3-5-7-17/h3-7,10-14H,15H2,1-2H3/b13-12+. The summed E-state index contributed by atoms with van der Waals surface area (Å²) >= 11 is 12.7. The van der Waals surface area contributed by atoms with Crippen molar-refractivity contribution in [3.05, 3.63) is 93.0 Å². The van der Waals surface area contributed by atoms with Gasteiger partial charge in [-0.1, -0.05) is 59.3 Å². The van der Waals surface area contributed by atoms with Crippen molar-refractivity contribution in [3.8, 4) is 11.8 Å². The number of halogens is 2. The number of ether oxygens (including phenoxy) is 1. The summed E-state index contributed by atoms with van der Waals surface area (Å²) in [6.07, 6.45) is 2.89. The number of benzene rings is 2. The average Bonchev–Trinajstić information content (AvgIpc) is 2.99. The van der Waals surface area contributed by atoms with Crippen molar-refractivity contribution in [2.45, 2.75) is 13.5 Å². The Bertz CT molecular complexity index is 1120. The minimum atomic E-state index is -0.467. The summed E-state index contributed by atoms with van der Waals surface area (Å²) < 4.78 is 6.52. The van der Waals surface area contributed by atoms with Crippen molar-refractivity contribution in [2.24, 2.45) is 0 Å². The third-order valence-electron chi connectivity index (χ3n) is 4.24. The van der Waals surface area contributed by atoms with Gasteiger partial charge in [-0.05, 0) is 42.8 Å². The van der Waals surface area contributed by atoms with Gasteiger partial charge in [-0.3, -0.25) is 0 Å². The molecular weight excluding hydrogens is 407 g/mol. The molecule has 0 amide bonds. The van der Waals surface area contributed by atoms with Gasteiger partial charge >= 0.3 is 5.97 Å². The Morgan fingerprint density at radius 2 is 1.86 bits per heavy atom. The van der Waals surface area contributed by atoms with Crippen LogP contribution in [0, 0.1) is 18.8 Å². The predicted molar refractivity (Wildman–Crippen MR) is 116 cm³/mol. The number of aromatic nitrogens is 2. The fourth-order valence-electron chi connectivity index (χ4n) is 2.71. The number of carbonyl (C=O) groups excluding carboxylic acids is 1. The number of hydrogen-bond acceptors (Lipinski definition) is 3. The van der Waals surface area contributed by atoms with Gasteiger partial charge in [-0.25, -0.2) is 9.78 Å². The Hall–Kier alpha value is -3.00. The topological polar surface area (TPSA) is 44.1 Å². The molecule has 0 N–H and O–H groups in total. The highest BCUT2D eigenvalue weighted by Gasteiger charge is 2.13. The minimum absolute atomic E-state index is 0.309. The van der Waals surface area contributed by atoms with Crippen LogP contribution < -0.4 is 0 Å². The summed E-state index contributed by atoms with van der Waals surface area (Å²) in [5.41, 5.74) is 3.27. The van der Waals surface area contributed by atoms with E-state index in [9.17, 15) is 4.79 Å².